The Morgan fingerprint density at radius 1 is 1.14 bits per heavy atom. The number of rotatable bonds is 4. The van der Waals surface area contributed by atoms with Crippen LogP contribution in [-0.4, -0.2) is 24.4 Å². The highest BCUT2D eigenvalue weighted by Crippen LogP contribution is 2.24. The molecule has 0 heterocycles. The molecule has 3 heteroatoms. The molecule has 0 aliphatic carbocycles. The van der Waals surface area contributed by atoms with Crippen molar-refractivity contribution >= 4 is 8.07 Å². The summed E-state index contributed by atoms with van der Waals surface area (Å²) in [5, 5.41) is 11.9. The van der Waals surface area contributed by atoms with Gasteiger partial charge in [0.2, 0.25) is 0 Å². The second-order valence-corrected chi connectivity index (χ2v) is 13.4. The molecule has 0 radical (unpaired) electrons. The van der Waals surface area contributed by atoms with E-state index in [1.165, 1.54) is 5.06 Å². The predicted octanol–water partition coefficient (Wildman–Crippen LogP) is 4.63. The molecule has 1 aromatic carbocycles. The molecule has 1 atom stereocenters. The zero-order valence-electron chi connectivity index (χ0n) is 14.3. The van der Waals surface area contributed by atoms with E-state index in [9.17, 15) is 5.21 Å². The zero-order chi connectivity index (χ0) is 16.1. The van der Waals surface area contributed by atoms with Crippen LogP contribution >= 0.6 is 0 Å². The Hall–Kier alpha value is -1.08. The van der Waals surface area contributed by atoms with Gasteiger partial charge in [0.15, 0.2) is 0 Å². The standard InChI is InChI=1S/C18H29NOSi/c1-18(2,3)17(13-10-14-21(4,5)6)19(20)15-16-11-8-7-9-12-16/h7-9,11-12,17,20H,14-15H2,1-6H3. The molecular weight excluding hydrogens is 274 g/mol. The van der Waals surface area contributed by atoms with Gasteiger partial charge in [-0.25, -0.2) is 0 Å². The Morgan fingerprint density at radius 2 is 1.71 bits per heavy atom. The van der Waals surface area contributed by atoms with Crippen molar-refractivity contribution in [1.29, 1.82) is 0 Å². The predicted molar refractivity (Wildman–Crippen MR) is 92.9 cm³/mol. The van der Waals surface area contributed by atoms with Gasteiger partial charge in [0, 0.05) is 6.04 Å². The Labute approximate surface area is 131 Å². The van der Waals surface area contributed by atoms with Crippen LogP contribution in [0.25, 0.3) is 0 Å². The number of hydrogen-bond acceptors (Lipinski definition) is 2. The Bertz CT molecular complexity index is 488. The largest absolute Gasteiger partial charge is 0.312 e. The van der Waals surface area contributed by atoms with Gasteiger partial charge in [-0.15, -0.1) is 5.92 Å². The highest BCUT2D eigenvalue weighted by atomic mass is 28.3. The van der Waals surface area contributed by atoms with Gasteiger partial charge in [0.1, 0.15) is 6.04 Å². The molecule has 0 saturated carbocycles. The van der Waals surface area contributed by atoms with E-state index < -0.39 is 8.07 Å². The molecule has 0 saturated heterocycles. The molecule has 1 rings (SSSR count). The molecule has 0 fully saturated rings. The van der Waals surface area contributed by atoms with Crippen molar-refractivity contribution in [3.8, 4) is 11.8 Å². The fourth-order valence-electron chi connectivity index (χ4n) is 2.01. The zero-order valence-corrected chi connectivity index (χ0v) is 15.3. The molecule has 0 amide bonds. The van der Waals surface area contributed by atoms with E-state index in [4.69, 9.17) is 0 Å². The third-order valence-corrected chi connectivity index (χ3v) is 4.40. The number of hydroxylamine groups is 2. The Kier molecular flexibility index (Phi) is 6.21. The first-order chi connectivity index (χ1) is 9.59. The van der Waals surface area contributed by atoms with Gasteiger partial charge in [-0.3, -0.25) is 0 Å². The molecule has 1 N–H and O–H groups in total. The molecule has 0 bridgehead atoms. The van der Waals surface area contributed by atoms with E-state index in [0.717, 1.165) is 11.6 Å². The summed E-state index contributed by atoms with van der Waals surface area (Å²) in [7, 11) is -1.17. The molecule has 116 valence electrons. The smallest absolute Gasteiger partial charge is 0.101 e. The maximum Gasteiger partial charge on any atom is 0.101 e. The van der Waals surface area contributed by atoms with Gasteiger partial charge in [-0.1, -0.05) is 76.7 Å². The third-order valence-electron chi connectivity index (χ3n) is 3.16. The number of hydrogen-bond donors (Lipinski definition) is 1. The lowest BCUT2D eigenvalue weighted by Gasteiger charge is -2.32. The maximum absolute atomic E-state index is 10.5. The fraction of sp³-hybridized carbons (Fsp3) is 0.556. The first-order valence-corrected chi connectivity index (χ1v) is 11.3. The molecule has 0 aliphatic heterocycles. The first-order valence-electron chi connectivity index (χ1n) is 7.57. The normalized spacial score (nSPS) is 13.7. The monoisotopic (exact) mass is 303 g/mol. The molecule has 0 aromatic heterocycles. The maximum atomic E-state index is 10.5. The summed E-state index contributed by atoms with van der Waals surface area (Å²) in [6.07, 6.45) is 0. The summed E-state index contributed by atoms with van der Waals surface area (Å²) in [5.74, 6) is 6.61. The van der Waals surface area contributed by atoms with Crippen LogP contribution in [-0.2, 0) is 6.54 Å². The van der Waals surface area contributed by atoms with Gasteiger partial charge in [-0.05, 0) is 11.0 Å². The topological polar surface area (TPSA) is 23.5 Å². The van der Waals surface area contributed by atoms with Crippen LogP contribution in [0.2, 0.25) is 25.7 Å². The minimum absolute atomic E-state index is 0.0873. The molecule has 0 spiro atoms. The molecular formula is C18H29NOSi. The minimum atomic E-state index is -1.17. The quantitative estimate of drug-likeness (QED) is 0.498. The van der Waals surface area contributed by atoms with Crippen LogP contribution in [0.5, 0.6) is 0 Å². The van der Waals surface area contributed by atoms with Crippen LogP contribution in [0.3, 0.4) is 0 Å². The Balaban J connectivity index is 2.83. The average molecular weight is 304 g/mol. The lowest BCUT2D eigenvalue weighted by Crippen LogP contribution is -2.40. The fourth-order valence-corrected chi connectivity index (χ4v) is 2.65. The van der Waals surface area contributed by atoms with E-state index >= 15 is 0 Å². The van der Waals surface area contributed by atoms with Gasteiger partial charge < -0.3 is 5.21 Å². The van der Waals surface area contributed by atoms with Crippen LogP contribution in [0.15, 0.2) is 30.3 Å². The second-order valence-electron chi connectivity index (χ2n) is 7.91. The van der Waals surface area contributed by atoms with Gasteiger partial charge >= 0.3 is 0 Å². The summed E-state index contributed by atoms with van der Waals surface area (Å²) < 4.78 is 0. The molecule has 1 aromatic rings. The average Bonchev–Trinajstić information content (AvgIpc) is 2.33. The van der Waals surface area contributed by atoms with Crippen molar-refractivity contribution < 1.29 is 5.21 Å². The summed E-state index contributed by atoms with van der Waals surface area (Å²) in [4.78, 5) is 0. The highest BCUT2D eigenvalue weighted by Gasteiger charge is 2.28. The molecule has 0 aliphatic rings. The summed E-state index contributed by atoms with van der Waals surface area (Å²) in [5.41, 5.74) is 1.01. The molecule has 2 nitrogen and oxygen atoms in total. The lowest BCUT2D eigenvalue weighted by atomic mass is 9.86. The first kappa shape index (κ1) is 18.0. The SMILES string of the molecule is CC(C)(C)C(C#CC[Si](C)(C)C)N(O)Cc1ccccc1. The second kappa shape index (κ2) is 7.26. The van der Waals surface area contributed by atoms with Crippen molar-refractivity contribution in [1.82, 2.24) is 5.06 Å². The van der Waals surface area contributed by atoms with Crippen molar-refractivity contribution in [2.24, 2.45) is 5.41 Å². The summed E-state index contributed by atoms with van der Waals surface area (Å²) in [6.45, 7) is 13.8. The summed E-state index contributed by atoms with van der Waals surface area (Å²) >= 11 is 0. The Morgan fingerprint density at radius 3 is 2.19 bits per heavy atom. The van der Waals surface area contributed by atoms with E-state index in [0.29, 0.717) is 6.54 Å². The van der Waals surface area contributed by atoms with Gasteiger partial charge in [0.25, 0.3) is 0 Å². The number of nitrogens with zero attached hydrogens (tertiary/aromatic N) is 1. The van der Waals surface area contributed by atoms with E-state index in [1.54, 1.807) is 0 Å². The van der Waals surface area contributed by atoms with Crippen molar-refractivity contribution in [3.05, 3.63) is 35.9 Å². The summed E-state index contributed by atoms with van der Waals surface area (Å²) in [6, 6.07) is 10.8. The van der Waals surface area contributed by atoms with Crippen LogP contribution in [0.1, 0.15) is 26.3 Å². The van der Waals surface area contributed by atoms with Gasteiger partial charge in [-0.2, -0.15) is 5.06 Å². The van der Waals surface area contributed by atoms with E-state index in [-0.39, 0.29) is 11.5 Å². The van der Waals surface area contributed by atoms with E-state index in [1.807, 2.05) is 30.3 Å². The van der Waals surface area contributed by atoms with Crippen molar-refractivity contribution in [2.75, 3.05) is 0 Å². The van der Waals surface area contributed by atoms with Crippen LogP contribution in [0, 0.1) is 17.3 Å². The van der Waals surface area contributed by atoms with Crippen LogP contribution in [0.4, 0.5) is 0 Å². The van der Waals surface area contributed by atoms with Crippen LogP contribution < -0.4 is 0 Å². The highest BCUT2D eigenvalue weighted by molar-refractivity contribution is 6.76. The van der Waals surface area contributed by atoms with Gasteiger partial charge in [0.05, 0.1) is 14.6 Å². The molecule has 1 unspecified atom stereocenters. The third kappa shape index (κ3) is 6.95. The van der Waals surface area contributed by atoms with E-state index in [2.05, 4.69) is 52.3 Å². The minimum Gasteiger partial charge on any atom is -0.312 e. The van der Waals surface area contributed by atoms with Crippen molar-refractivity contribution in [3.63, 3.8) is 0 Å². The number of benzene rings is 1. The molecule has 21 heavy (non-hydrogen) atoms. The lowest BCUT2D eigenvalue weighted by molar-refractivity contribution is -0.143. The van der Waals surface area contributed by atoms with Crippen molar-refractivity contribution in [2.45, 2.75) is 59.0 Å².